The van der Waals surface area contributed by atoms with E-state index in [4.69, 9.17) is 15.9 Å². The van der Waals surface area contributed by atoms with Gasteiger partial charge in [0, 0.05) is 19.8 Å². The summed E-state index contributed by atoms with van der Waals surface area (Å²) in [6.45, 7) is 6.37. The molecule has 0 fully saturated rings. The monoisotopic (exact) mass is 410 g/mol. The molecule has 0 atom stereocenters. The molecule has 0 radical (unpaired) electrons. The van der Waals surface area contributed by atoms with Gasteiger partial charge in [-0.1, -0.05) is 26.8 Å². The Kier molecular flexibility index (Phi) is 7.21. The Balaban J connectivity index is 2.22. The first-order chi connectivity index (χ1) is 13.9. The van der Waals surface area contributed by atoms with Crippen molar-refractivity contribution in [2.45, 2.75) is 33.6 Å². The first-order valence-corrected chi connectivity index (χ1v) is 9.70. The highest BCUT2D eigenvalue weighted by molar-refractivity contribution is 5.93. The quantitative estimate of drug-likeness (QED) is 0.293. The lowest BCUT2D eigenvalue weighted by atomic mass is 9.85. The smallest absolute Gasteiger partial charge is 0.343 e. The molecule has 0 aliphatic carbocycles. The number of esters is 1. The van der Waals surface area contributed by atoms with E-state index in [0.717, 1.165) is 17.5 Å². The molecular formula is C23H30N4O3. The lowest BCUT2D eigenvalue weighted by Crippen LogP contribution is -2.24. The molecule has 2 aromatic carbocycles. The molecule has 0 aliphatic heterocycles. The highest BCUT2D eigenvalue weighted by Crippen LogP contribution is 2.27. The summed E-state index contributed by atoms with van der Waals surface area (Å²) in [5.74, 6) is -0.201. The van der Waals surface area contributed by atoms with Crippen LogP contribution in [0.5, 0.6) is 5.75 Å². The minimum absolute atomic E-state index is 0.0120. The van der Waals surface area contributed by atoms with Crippen LogP contribution in [-0.2, 0) is 17.6 Å². The van der Waals surface area contributed by atoms with Gasteiger partial charge in [-0.25, -0.2) is 4.79 Å². The minimum atomic E-state index is -0.483. The summed E-state index contributed by atoms with van der Waals surface area (Å²) in [6, 6.07) is 11.9. The number of nitrogens with zero attached hydrogens (tertiary/aromatic N) is 1. The fourth-order valence-corrected chi connectivity index (χ4v) is 2.91. The van der Waals surface area contributed by atoms with E-state index >= 15 is 0 Å². The summed E-state index contributed by atoms with van der Waals surface area (Å²) < 4.78 is 5.56. The number of carbonyl (C=O) groups is 2. The van der Waals surface area contributed by atoms with E-state index in [1.807, 2.05) is 12.1 Å². The van der Waals surface area contributed by atoms with Crippen molar-refractivity contribution in [1.82, 2.24) is 4.90 Å². The van der Waals surface area contributed by atoms with Crippen molar-refractivity contribution in [1.29, 1.82) is 5.41 Å². The van der Waals surface area contributed by atoms with Crippen LogP contribution < -0.4 is 15.8 Å². The van der Waals surface area contributed by atoms with Crippen LogP contribution in [0.1, 0.15) is 42.3 Å². The first-order valence-electron chi connectivity index (χ1n) is 9.70. The summed E-state index contributed by atoms with van der Waals surface area (Å²) in [6.07, 6.45) is 1.05. The van der Waals surface area contributed by atoms with E-state index in [9.17, 15) is 9.59 Å². The summed E-state index contributed by atoms with van der Waals surface area (Å²) >= 11 is 0. The third kappa shape index (κ3) is 6.92. The third-order valence-electron chi connectivity index (χ3n) is 4.35. The molecule has 0 heterocycles. The van der Waals surface area contributed by atoms with Crippen LogP contribution in [0.3, 0.4) is 0 Å². The van der Waals surface area contributed by atoms with Gasteiger partial charge in [-0.15, -0.1) is 0 Å². The number of rotatable bonds is 6. The predicted octanol–water partition coefficient (Wildman–Crippen LogP) is 3.43. The van der Waals surface area contributed by atoms with E-state index in [2.05, 4.69) is 26.1 Å². The Bertz CT molecular complexity index is 928. The molecule has 0 saturated carbocycles. The van der Waals surface area contributed by atoms with Gasteiger partial charge in [0.15, 0.2) is 5.96 Å². The number of nitrogens with one attached hydrogen (secondary N) is 2. The number of ether oxygens (including phenoxy) is 1. The Morgan fingerprint density at radius 3 is 2.23 bits per heavy atom. The number of hydrogen-bond donors (Lipinski definition) is 3. The second kappa shape index (κ2) is 9.43. The molecule has 7 heteroatoms. The van der Waals surface area contributed by atoms with Crippen LogP contribution in [0, 0.1) is 10.8 Å². The molecule has 0 aliphatic rings. The van der Waals surface area contributed by atoms with Crippen LogP contribution in [0.4, 0.5) is 5.69 Å². The summed E-state index contributed by atoms with van der Waals surface area (Å²) in [5, 5.41) is 9.89. The number of guanidine groups is 1. The Hall–Kier alpha value is -3.35. The van der Waals surface area contributed by atoms with Crippen molar-refractivity contribution < 1.29 is 14.3 Å². The lowest BCUT2D eigenvalue weighted by Gasteiger charge is -2.21. The van der Waals surface area contributed by atoms with E-state index in [1.54, 1.807) is 49.3 Å². The summed E-state index contributed by atoms with van der Waals surface area (Å²) in [7, 11) is 3.47. The van der Waals surface area contributed by atoms with E-state index in [0.29, 0.717) is 23.4 Å². The molecular weight excluding hydrogens is 380 g/mol. The normalized spacial score (nSPS) is 11.0. The first kappa shape index (κ1) is 22.9. The van der Waals surface area contributed by atoms with Gasteiger partial charge in [-0.3, -0.25) is 10.2 Å². The molecule has 7 nitrogen and oxygen atoms in total. The average molecular weight is 411 g/mol. The van der Waals surface area contributed by atoms with Crippen LogP contribution in [0.15, 0.2) is 42.5 Å². The van der Waals surface area contributed by atoms with Crippen LogP contribution >= 0.6 is 0 Å². The molecule has 2 rings (SSSR count). The second-order valence-electron chi connectivity index (χ2n) is 8.64. The van der Waals surface area contributed by atoms with Crippen molar-refractivity contribution in [3.8, 4) is 5.75 Å². The number of carbonyl (C=O) groups excluding carboxylic acids is 2. The Labute approximate surface area is 177 Å². The van der Waals surface area contributed by atoms with Crippen molar-refractivity contribution in [2.75, 3.05) is 19.4 Å². The number of hydrogen-bond acceptors (Lipinski definition) is 4. The maximum Gasteiger partial charge on any atom is 0.343 e. The number of likely N-dealkylation sites (N-methyl/N-ethyl adjacent to an activating group) is 1. The zero-order chi connectivity index (χ0) is 22.5. The highest BCUT2D eigenvalue weighted by atomic mass is 16.5. The number of nitrogens with two attached hydrogens (primary N) is 1. The van der Waals surface area contributed by atoms with Crippen molar-refractivity contribution in [3.63, 3.8) is 0 Å². The minimum Gasteiger partial charge on any atom is -0.423 e. The fourth-order valence-electron chi connectivity index (χ4n) is 2.91. The van der Waals surface area contributed by atoms with Gasteiger partial charge >= 0.3 is 5.97 Å². The number of benzene rings is 2. The number of anilines is 1. The van der Waals surface area contributed by atoms with Crippen LogP contribution in [0.25, 0.3) is 0 Å². The largest absolute Gasteiger partial charge is 0.423 e. The SMILES string of the molecule is CN(C)C(=O)Cc1ccc(OC(=O)c2ccc(NC(=N)N)cc2)cc1CC(C)(C)C. The molecule has 0 bridgehead atoms. The van der Waals surface area contributed by atoms with Gasteiger partial charge in [-0.05, 0) is 59.4 Å². The fraction of sp³-hybridized carbons (Fsp3) is 0.348. The van der Waals surface area contributed by atoms with Crippen molar-refractivity contribution >= 4 is 23.5 Å². The number of amides is 1. The molecule has 2 aromatic rings. The molecule has 160 valence electrons. The summed E-state index contributed by atoms with van der Waals surface area (Å²) in [4.78, 5) is 26.3. The molecule has 0 aromatic heterocycles. The zero-order valence-electron chi connectivity index (χ0n) is 18.2. The molecule has 0 unspecified atom stereocenters. The Morgan fingerprint density at radius 1 is 1.07 bits per heavy atom. The van der Waals surface area contributed by atoms with E-state index in [1.165, 1.54) is 0 Å². The standard InChI is InChI=1S/C23H30N4O3/c1-23(2,3)14-17-12-19(11-8-16(17)13-20(28)27(4)5)30-21(29)15-6-9-18(10-7-15)26-22(24)25/h6-12H,13-14H2,1-5H3,(H4,24,25,26). The molecule has 30 heavy (non-hydrogen) atoms. The molecule has 0 saturated heterocycles. The second-order valence-corrected chi connectivity index (χ2v) is 8.64. The van der Waals surface area contributed by atoms with Crippen molar-refractivity contribution in [3.05, 3.63) is 59.2 Å². The van der Waals surface area contributed by atoms with Gasteiger partial charge in [0.1, 0.15) is 5.75 Å². The van der Waals surface area contributed by atoms with E-state index in [-0.39, 0.29) is 17.3 Å². The zero-order valence-corrected chi connectivity index (χ0v) is 18.2. The van der Waals surface area contributed by atoms with Crippen molar-refractivity contribution in [2.24, 2.45) is 11.1 Å². The molecule has 4 N–H and O–H groups in total. The van der Waals surface area contributed by atoms with Crippen LogP contribution in [-0.4, -0.2) is 36.8 Å². The van der Waals surface area contributed by atoms with E-state index < -0.39 is 5.97 Å². The predicted molar refractivity (Wildman–Crippen MR) is 119 cm³/mol. The average Bonchev–Trinajstić information content (AvgIpc) is 2.62. The van der Waals surface area contributed by atoms with Gasteiger partial charge in [0.2, 0.25) is 5.91 Å². The van der Waals surface area contributed by atoms with Gasteiger partial charge in [0.05, 0.1) is 12.0 Å². The van der Waals surface area contributed by atoms with Gasteiger partial charge in [-0.2, -0.15) is 0 Å². The molecule has 1 amide bonds. The highest BCUT2D eigenvalue weighted by Gasteiger charge is 2.18. The summed E-state index contributed by atoms with van der Waals surface area (Å²) in [5.41, 5.74) is 8.23. The molecule has 0 spiro atoms. The lowest BCUT2D eigenvalue weighted by molar-refractivity contribution is -0.127. The van der Waals surface area contributed by atoms with Gasteiger partial charge < -0.3 is 20.7 Å². The van der Waals surface area contributed by atoms with Crippen LogP contribution in [0.2, 0.25) is 0 Å². The maximum atomic E-state index is 12.5. The topological polar surface area (TPSA) is 109 Å². The third-order valence-corrected chi connectivity index (χ3v) is 4.35. The van der Waals surface area contributed by atoms with Gasteiger partial charge in [0.25, 0.3) is 0 Å². The maximum absolute atomic E-state index is 12.5. The Morgan fingerprint density at radius 2 is 1.70 bits per heavy atom.